The lowest BCUT2D eigenvalue weighted by Gasteiger charge is -2.08. The zero-order valence-electron chi connectivity index (χ0n) is 6.94. The van der Waals surface area contributed by atoms with Crippen molar-refractivity contribution in [3.63, 3.8) is 0 Å². The van der Waals surface area contributed by atoms with Crippen LogP contribution < -0.4 is 4.72 Å². The van der Waals surface area contributed by atoms with E-state index in [9.17, 15) is 8.42 Å². The van der Waals surface area contributed by atoms with Gasteiger partial charge in [0.2, 0.25) is 10.0 Å². The van der Waals surface area contributed by atoms with Crippen LogP contribution in [0.2, 0.25) is 0 Å². The fraction of sp³-hybridized carbons (Fsp3) is 0.429. The number of thiophene rings is 1. The maximum Gasteiger partial charge on any atom is 0.235 e. The third kappa shape index (κ3) is 2.22. The molecule has 1 heterocycles. The van der Waals surface area contributed by atoms with E-state index in [0.29, 0.717) is 5.69 Å². The van der Waals surface area contributed by atoms with E-state index in [-0.39, 0.29) is 0 Å². The van der Waals surface area contributed by atoms with E-state index in [1.54, 1.807) is 25.3 Å². The number of nitrogens with one attached hydrogen (secondary N) is 1. The van der Waals surface area contributed by atoms with E-state index in [4.69, 9.17) is 0 Å². The van der Waals surface area contributed by atoms with Crippen LogP contribution in [0.4, 0.5) is 5.69 Å². The van der Waals surface area contributed by atoms with Crippen LogP contribution in [0.3, 0.4) is 0 Å². The minimum absolute atomic E-state index is 0.391. The minimum atomic E-state index is -3.16. The molecule has 0 radical (unpaired) electrons. The van der Waals surface area contributed by atoms with Crippen molar-refractivity contribution >= 4 is 27.0 Å². The summed E-state index contributed by atoms with van der Waals surface area (Å²) in [5.74, 6) is 0. The molecule has 0 saturated heterocycles. The molecule has 68 valence electrons. The van der Waals surface area contributed by atoms with Crippen LogP contribution in [0, 0.1) is 0 Å². The summed E-state index contributed by atoms with van der Waals surface area (Å²) in [5, 5.41) is 3.20. The van der Waals surface area contributed by atoms with Gasteiger partial charge in [-0.25, -0.2) is 8.42 Å². The normalized spacial score (nSPS) is 11.9. The molecule has 5 heteroatoms. The van der Waals surface area contributed by atoms with E-state index < -0.39 is 15.3 Å². The molecule has 0 aliphatic carbocycles. The molecule has 3 nitrogen and oxygen atoms in total. The number of sulfonamides is 1. The molecular formula is C7H11NO2S2. The molecule has 0 aliphatic heterocycles. The summed E-state index contributed by atoms with van der Waals surface area (Å²) >= 11 is 1.47. The van der Waals surface area contributed by atoms with Crippen molar-refractivity contribution in [2.45, 2.75) is 19.1 Å². The molecule has 1 aromatic rings. The van der Waals surface area contributed by atoms with Gasteiger partial charge in [-0.15, -0.1) is 0 Å². The van der Waals surface area contributed by atoms with Crippen LogP contribution in [0.25, 0.3) is 0 Å². The summed E-state index contributed by atoms with van der Waals surface area (Å²) in [6.45, 7) is 3.30. The van der Waals surface area contributed by atoms with Gasteiger partial charge in [0.1, 0.15) is 0 Å². The van der Waals surface area contributed by atoms with Gasteiger partial charge >= 0.3 is 0 Å². The van der Waals surface area contributed by atoms with Crippen molar-refractivity contribution in [3.05, 3.63) is 16.8 Å². The quantitative estimate of drug-likeness (QED) is 0.819. The summed E-state index contributed by atoms with van der Waals surface area (Å²) in [4.78, 5) is 0. The molecular weight excluding hydrogens is 194 g/mol. The Hall–Kier alpha value is -0.550. The highest BCUT2D eigenvalue weighted by Crippen LogP contribution is 2.15. The van der Waals surface area contributed by atoms with Gasteiger partial charge in [0.25, 0.3) is 0 Å². The van der Waals surface area contributed by atoms with E-state index in [0.717, 1.165) is 0 Å². The average Bonchev–Trinajstić information content (AvgIpc) is 2.38. The van der Waals surface area contributed by atoms with Crippen LogP contribution in [0.15, 0.2) is 16.8 Å². The second kappa shape index (κ2) is 3.45. The van der Waals surface area contributed by atoms with Gasteiger partial charge in [-0.05, 0) is 25.3 Å². The van der Waals surface area contributed by atoms with E-state index in [2.05, 4.69) is 4.72 Å². The lowest BCUT2D eigenvalue weighted by atomic mass is 10.6. The first-order chi connectivity index (χ1) is 5.52. The SMILES string of the molecule is CC(C)S(=O)(=O)Nc1ccsc1. The Labute approximate surface area is 76.5 Å². The molecule has 1 rings (SSSR count). The predicted octanol–water partition coefficient (Wildman–Crippen LogP) is 1.90. The summed E-state index contributed by atoms with van der Waals surface area (Å²) < 4.78 is 25.1. The molecule has 0 aliphatic rings. The molecule has 0 spiro atoms. The zero-order valence-corrected chi connectivity index (χ0v) is 8.58. The highest BCUT2D eigenvalue weighted by atomic mass is 32.2. The lowest BCUT2D eigenvalue weighted by molar-refractivity contribution is 0.593. The van der Waals surface area contributed by atoms with Gasteiger partial charge in [0.15, 0.2) is 0 Å². The first kappa shape index (κ1) is 9.54. The smallest absolute Gasteiger partial charge is 0.235 e. The van der Waals surface area contributed by atoms with Gasteiger partial charge in [0.05, 0.1) is 10.9 Å². The van der Waals surface area contributed by atoms with E-state index in [1.165, 1.54) is 11.3 Å². The van der Waals surface area contributed by atoms with Crippen LogP contribution in [-0.4, -0.2) is 13.7 Å². The first-order valence-corrected chi connectivity index (χ1v) is 6.05. The number of rotatable bonds is 3. The summed E-state index contributed by atoms with van der Waals surface area (Å²) in [6.07, 6.45) is 0. The Morgan fingerprint density at radius 1 is 1.50 bits per heavy atom. The van der Waals surface area contributed by atoms with E-state index in [1.807, 2.05) is 5.38 Å². The van der Waals surface area contributed by atoms with Crippen molar-refractivity contribution in [1.82, 2.24) is 0 Å². The molecule has 0 bridgehead atoms. The molecule has 0 amide bonds. The maximum absolute atomic E-state index is 11.3. The second-order valence-electron chi connectivity index (χ2n) is 2.71. The largest absolute Gasteiger partial charge is 0.282 e. The first-order valence-electron chi connectivity index (χ1n) is 3.56. The highest BCUT2D eigenvalue weighted by molar-refractivity contribution is 7.93. The fourth-order valence-electron chi connectivity index (χ4n) is 0.605. The third-order valence-corrected chi connectivity index (χ3v) is 3.85. The zero-order chi connectivity index (χ0) is 9.19. The molecule has 12 heavy (non-hydrogen) atoms. The third-order valence-electron chi connectivity index (χ3n) is 1.40. The Bertz CT molecular complexity index is 326. The Balaban J connectivity index is 2.77. The van der Waals surface area contributed by atoms with Crippen molar-refractivity contribution in [1.29, 1.82) is 0 Å². The van der Waals surface area contributed by atoms with Crippen LogP contribution >= 0.6 is 11.3 Å². The molecule has 0 atom stereocenters. The lowest BCUT2D eigenvalue weighted by Crippen LogP contribution is -2.22. The molecule has 0 saturated carbocycles. The Kier molecular flexibility index (Phi) is 2.74. The number of anilines is 1. The van der Waals surface area contributed by atoms with Gasteiger partial charge in [-0.3, -0.25) is 4.72 Å². The van der Waals surface area contributed by atoms with Crippen molar-refractivity contribution in [2.24, 2.45) is 0 Å². The Morgan fingerprint density at radius 3 is 2.58 bits per heavy atom. The predicted molar refractivity (Wildman–Crippen MR) is 52.0 cm³/mol. The van der Waals surface area contributed by atoms with E-state index >= 15 is 0 Å². The summed E-state index contributed by atoms with van der Waals surface area (Å²) in [7, 11) is -3.16. The molecule has 0 aromatic carbocycles. The van der Waals surface area contributed by atoms with Gasteiger partial charge in [-0.1, -0.05) is 0 Å². The fourth-order valence-corrected chi connectivity index (χ4v) is 1.96. The second-order valence-corrected chi connectivity index (χ2v) is 5.72. The van der Waals surface area contributed by atoms with Crippen molar-refractivity contribution in [2.75, 3.05) is 4.72 Å². The molecule has 1 aromatic heterocycles. The molecule has 0 fully saturated rings. The van der Waals surface area contributed by atoms with Crippen LogP contribution in [-0.2, 0) is 10.0 Å². The molecule has 1 N–H and O–H groups in total. The van der Waals surface area contributed by atoms with Crippen molar-refractivity contribution < 1.29 is 8.42 Å². The molecule has 0 unspecified atom stereocenters. The minimum Gasteiger partial charge on any atom is -0.282 e. The summed E-state index contributed by atoms with van der Waals surface area (Å²) in [6, 6.07) is 1.74. The topological polar surface area (TPSA) is 46.2 Å². The monoisotopic (exact) mass is 205 g/mol. The summed E-state index contributed by atoms with van der Waals surface area (Å²) in [5.41, 5.74) is 0.647. The standard InChI is InChI=1S/C7H11NO2S2/c1-6(2)12(9,10)8-7-3-4-11-5-7/h3-6,8H,1-2H3. The number of hydrogen-bond donors (Lipinski definition) is 1. The average molecular weight is 205 g/mol. The maximum atomic E-state index is 11.3. The van der Waals surface area contributed by atoms with Gasteiger partial charge < -0.3 is 0 Å². The van der Waals surface area contributed by atoms with Crippen LogP contribution in [0.1, 0.15) is 13.8 Å². The highest BCUT2D eigenvalue weighted by Gasteiger charge is 2.14. The Morgan fingerprint density at radius 2 is 2.17 bits per heavy atom. The van der Waals surface area contributed by atoms with Crippen molar-refractivity contribution in [3.8, 4) is 0 Å². The van der Waals surface area contributed by atoms with Crippen LogP contribution in [0.5, 0.6) is 0 Å². The van der Waals surface area contributed by atoms with Gasteiger partial charge in [0, 0.05) is 5.38 Å². The van der Waals surface area contributed by atoms with Gasteiger partial charge in [-0.2, -0.15) is 11.3 Å². The number of hydrogen-bond acceptors (Lipinski definition) is 3.